The molecule has 0 aromatic rings. The van der Waals surface area contributed by atoms with Crippen LogP contribution in [-0.2, 0) is 18.2 Å². The van der Waals surface area contributed by atoms with E-state index in [-0.39, 0.29) is 0 Å². The first-order valence-electron chi connectivity index (χ1n) is 2.48. The van der Waals surface area contributed by atoms with Crippen LogP contribution in [0, 0.1) is 0 Å². The van der Waals surface area contributed by atoms with Crippen molar-refractivity contribution < 1.29 is 18.2 Å². The first kappa shape index (κ1) is 12.4. The van der Waals surface area contributed by atoms with Crippen LogP contribution in [0.3, 0.4) is 0 Å². The van der Waals surface area contributed by atoms with E-state index in [1.165, 1.54) is 12.8 Å². The van der Waals surface area contributed by atoms with Crippen LogP contribution in [0.5, 0.6) is 0 Å². The van der Waals surface area contributed by atoms with Gasteiger partial charge in [-0.3, -0.25) is 0 Å². The van der Waals surface area contributed by atoms with Gasteiger partial charge in [-0.15, -0.1) is 0 Å². The van der Waals surface area contributed by atoms with E-state index in [2.05, 4.69) is 13.8 Å². The Hall–Kier alpha value is 1.75. The van der Waals surface area contributed by atoms with E-state index in [9.17, 15) is 0 Å². The van der Waals surface area contributed by atoms with Gasteiger partial charge in [-0.25, -0.2) is 0 Å². The summed E-state index contributed by atoms with van der Waals surface area (Å²) < 4.78 is 0. The van der Waals surface area contributed by atoms with Crippen LogP contribution >= 0.6 is 25.5 Å². The van der Waals surface area contributed by atoms with Crippen molar-refractivity contribution in [1.82, 2.24) is 0 Å². The number of unbranched alkanes of at least 4 members (excludes halogenated alkanes) is 1. The van der Waals surface area contributed by atoms with Crippen molar-refractivity contribution in [3.63, 3.8) is 0 Å². The summed E-state index contributed by atoms with van der Waals surface area (Å²) in [5.41, 5.74) is 0. The summed E-state index contributed by atoms with van der Waals surface area (Å²) in [7, 11) is 15.0. The monoisotopic (exact) mass is 253 g/mol. The average molecular weight is 256 g/mol. The molecule has 0 nitrogen and oxygen atoms in total. The Morgan fingerprint density at radius 3 is 1.12 bits per heavy atom. The van der Waals surface area contributed by atoms with E-state index >= 15 is 0 Å². The Kier molecular flexibility index (Phi) is 17.9. The van der Waals surface area contributed by atoms with Crippen LogP contribution in [-0.4, -0.2) is 0 Å². The Morgan fingerprint density at radius 2 is 1.12 bits per heavy atom. The zero-order chi connectivity index (χ0) is 6.99. The van der Waals surface area contributed by atoms with Crippen molar-refractivity contribution in [3.8, 4) is 0 Å². The van der Waals surface area contributed by atoms with Gasteiger partial charge in [0, 0.05) is 0 Å². The van der Waals surface area contributed by atoms with Gasteiger partial charge < -0.3 is 0 Å². The van der Waals surface area contributed by atoms with Gasteiger partial charge in [0.1, 0.15) is 0 Å². The molecule has 0 N–H and O–H groups in total. The molecule has 0 aliphatic carbocycles. The van der Waals surface area contributed by atoms with E-state index in [1.807, 2.05) is 0 Å². The van der Waals surface area contributed by atoms with Crippen molar-refractivity contribution >= 4 is 25.5 Å². The Bertz CT molecular complexity index is 27.7. The molecule has 0 atom stereocenters. The van der Waals surface area contributed by atoms with Crippen LogP contribution in [0.2, 0.25) is 0 Å². The number of hydrogen-bond donors (Lipinski definition) is 0. The van der Waals surface area contributed by atoms with E-state index in [0.717, 1.165) is 0 Å². The van der Waals surface area contributed by atoms with Crippen molar-refractivity contribution in [3.05, 3.63) is 0 Å². The molecule has 0 fully saturated rings. The SMILES string of the molecule is CCCC.[Cl][Zr]([Cl])[Cl]. The zero-order valence-corrected chi connectivity index (χ0v) is 9.77. The normalized spacial score (nSPS) is 7.12. The second-order valence-corrected chi connectivity index (χ2v) is 12.4. The maximum absolute atomic E-state index is 5.00. The first-order valence-corrected chi connectivity index (χ1v) is 12.0. The van der Waals surface area contributed by atoms with Crippen molar-refractivity contribution in [2.24, 2.45) is 0 Å². The number of rotatable bonds is 1. The van der Waals surface area contributed by atoms with Crippen LogP contribution in [0.25, 0.3) is 0 Å². The average Bonchev–Trinajstić information content (AvgIpc) is 1.65. The van der Waals surface area contributed by atoms with Crippen LogP contribution < -0.4 is 0 Å². The summed E-state index contributed by atoms with van der Waals surface area (Å²) in [5, 5.41) is 0. The van der Waals surface area contributed by atoms with Gasteiger partial charge in [-0.2, -0.15) is 0 Å². The molecule has 0 aromatic heterocycles. The third-order valence-corrected chi connectivity index (χ3v) is 0.500. The molecule has 0 spiro atoms. The van der Waals surface area contributed by atoms with Gasteiger partial charge in [0.25, 0.3) is 0 Å². The summed E-state index contributed by atoms with van der Waals surface area (Å²) in [6, 6.07) is 0. The summed E-state index contributed by atoms with van der Waals surface area (Å²) >= 11 is -2.13. The van der Waals surface area contributed by atoms with Crippen molar-refractivity contribution in [2.45, 2.75) is 26.7 Å². The molecule has 0 rings (SSSR count). The zero-order valence-electron chi connectivity index (χ0n) is 5.05. The predicted octanol–water partition coefficient (Wildman–Crippen LogP) is 3.87. The van der Waals surface area contributed by atoms with Crippen molar-refractivity contribution in [1.29, 1.82) is 0 Å². The summed E-state index contributed by atoms with van der Waals surface area (Å²) in [5.74, 6) is 0. The van der Waals surface area contributed by atoms with Gasteiger partial charge in [0.15, 0.2) is 0 Å². The Labute approximate surface area is 69.8 Å². The molecule has 0 aromatic carbocycles. The molecule has 0 aliphatic rings. The molecule has 0 unspecified atom stereocenters. The summed E-state index contributed by atoms with van der Waals surface area (Å²) in [4.78, 5) is 0. The van der Waals surface area contributed by atoms with Gasteiger partial charge in [-0.05, 0) is 0 Å². The molecule has 0 radical (unpaired) electrons. The van der Waals surface area contributed by atoms with E-state index in [0.29, 0.717) is 0 Å². The third-order valence-electron chi connectivity index (χ3n) is 0.500. The molecule has 0 saturated carbocycles. The van der Waals surface area contributed by atoms with Gasteiger partial charge in [0.2, 0.25) is 0 Å². The Balaban J connectivity index is 0. The molecule has 0 bridgehead atoms. The molecule has 0 heterocycles. The molecule has 0 aliphatic heterocycles. The fourth-order valence-electron chi connectivity index (χ4n) is 0. The molecule has 4 heteroatoms. The van der Waals surface area contributed by atoms with E-state index in [1.54, 1.807) is 0 Å². The Morgan fingerprint density at radius 1 is 1.00 bits per heavy atom. The standard InChI is InChI=1S/C4H10.3ClH.Zr/c1-3-4-2;;;;/h3-4H2,1-2H3;3*1H;/q;;;;+3/p-3. The van der Waals surface area contributed by atoms with E-state index < -0.39 is 18.2 Å². The second kappa shape index (κ2) is 11.5. The second-order valence-electron chi connectivity index (χ2n) is 1.21. The number of halogens is 3. The predicted molar refractivity (Wildman–Crippen MR) is 38.1 cm³/mol. The quantitative estimate of drug-likeness (QED) is 0.667. The third kappa shape index (κ3) is 46.6. The molecular formula is C4H10Cl3Zr. The van der Waals surface area contributed by atoms with E-state index in [4.69, 9.17) is 25.5 Å². The number of hydrogen-bond acceptors (Lipinski definition) is 0. The maximum atomic E-state index is 5.00. The molecular weight excluding hydrogens is 246 g/mol. The minimum atomic E-state index is -2.13. The molecule has 51 valence electrons. The van der Waals surface area contributed by atoms with Gasteiger partial charge in [-0.1, -0.05) is 26.7 Å². The molecule has 8 heavy (non-hydrogen) atoms. The van der Waals surface area contributed by atoms with Crippen molar-refractivity contribution in [2.75, 3.05) is 0 Å². The summed E-state index contributed by atoms with van der Waals surface area (Å²) in [6.07, 6.45) is 2.64. The van der Waals surface area contributed by atoms with Gasteiger partial charge >= 0.3 is 43.7 Å². The van der Waals surface area contributed by atoms with Gasteiger partial charge in [0.05, 0.1) is 0 Å². The van der Waals surface area contributed by atoms with Crippen LogP contribution in [0.15, 0.2) is 0 Å². The molecule has 0 amide bonds. The van der Waals surface area contributed by atoms with Crippen LogP contribution in [0.1, 0.15) is 26.7 Å². The fourth-order valence-corrected chi connectivity index (χ4v) is 0. The minimum absolute atomic E-state index is 1.32. The first-order chi connectivity index (χ1) is 3.65. The van der Waals surface area contributed by atoms with Crippen LogP contribution in [0.4, 0.5) is 0 Å². The molecule has 0 saturated heterocycles. The summed E-state index contributed by atoms with van der Waals surface area (Å²) in [6.45, 7) is 4.36. The topological polar surface area (TPSA) is 0 Å². The fraction of sp³-hybridized carbons (Fsp3) is 1.00.